The molecule has 0 unspecified atom stereocenters. The van der Waals surface area contributed by atoms with Gasteiger partial charge in [-0.1, -0.05) is 13.8 Å². The summed E-state index contributed by atoms with van der Waals surface area (Å²) < 4.78 is 39.2. The predicted molar refractivity (Wildman–Crippen MR) is 126 cm³/mol. The number of halogens is 3. The number of hydrogen-bond donors (Lipinski definition) is 2. The predicted octanol–water partition coefficient (Wildman–Crippen LogP) is 7.03. The van der Waals surface area contributed by atoms with Crippen molar-refractivity contribution < 1.29 is 18.3 Å². The van der Waals surface area contributed by atoms with Gasteiger partial charge < -0.3 is 10.4 Å². The van der Waals surface area contributed by atoms with Crippen LogP contribution in [0.1, 0.15) is 74.6 Å². The fourth-order valence-electron chi connectivity index (χ4n) is 4.86. The second-order valence-corrected chi connectivity index (χ2v) is 11.3. The number of benzene rings is 1. The Morgan fingerprint density at radius 3 is 2.62 bits per heavy atom. The standard InChI is InChI=1S/C25H27F3N4OS/c1-23(2)7-3-8-24(33,14-23)21-30-13-19(34-21)17-10-16(15-4-5-15)11-18(12-17)31-22-29-9-6-20(32-22)25(26,27)28/h6,9-13,15,33H,3-5,7-8,14H2,1-2H3,(H,29,31,32)/t24-/m1/s1. The van der Waals surface area contributed by atoms with E-state index in [4.69, 9.17) is 0 Å². The maximum atomic E-state index is 13.1. The lowest BCUT2D eigenvalue weighted by Gasteiger charge is -2.40. The molecular formula is C25H27F3N4OS. The van der Waals surface area contributed by atoms with Gasteiger partial charge in [0.15, 0.2) is 0 Å². The number of aliphatic hydroxyl groups is 1. The highest BCUT2D eigenvalue weighted by Crippen LogP contribution is 2.48. The van der Waals surface area contributed by atoms with Gasteiger partial charge in [0.25, 0.3) is 0 Å². The Labute approximate surface area is 200 Å². The maximum absolute atomic E-state index is 13.1. The lowest BCUT2D eigenvalue weighted by atomic mass is 9.70. The molecule has 0 bridgehead atoms. The normalized spacial score (nSPS) is 22.5. The van der Waals surface area contributed by atoms with Crippen molar-refractivity contribution in [1.82, 2.24) is 15.0 Å². The van der Waals surface area contributed by atoms with Crippen LogP contribution in [-0.4, -0.2) is 20.1 Å². The molecule has 34 heavy (non-hydrogen) atoms. The van der Waals surface area contributed by atoms with Crippen molar-refractivity contribution in [3.05, 3.63) is 52.9 Å². The Morgan fingerprint density at radius 2 is 1.91 bits per heavy atom. The summed E-state index contributed by atoms with van der Waals surface area (Å²) in [4.78, 5) is 13.1. The summed E-state index contributed by atoms with van der Waals surface area (Å²) in [5.74, 6) is 0.344. The molecule has 2 saturated carbocycles. The van der Waals surface area contributed by atoms with Crippen LogP contribution < -0.4 is 5.32 Å². The molecule has 2 aromatic heterocycles. The number of alkyl halides is 3. The molecule has 2 heterocycles. The second-order valence-electron chi connectivity index (χ2n) is 10.3. The SMILES string of the molecule is CC1(C)CCC[C@](O)(c2ncc(-c3cc(Nc4nccc(C(F)(F)F)n4)cc(C4CC4)c3)s2)C1. The molecule has 5 nitrogen and oxygen atoms in total. The quantitative estimate of drug-likeness (QED) is 0.404. The number of rotatable bonds is 5. The largest absolute Gasteiger partial charge is 0.433 e. The summed E-state index contributed by atoms with van der Waals surface area (Å²) in [5, 5.41) is 15.0. The van der Waals surface area contributed by atoms with E-state index in [1.54, 1.807) is 6.20 Å². The van der Waals surface area contributed by atoms with Crippen LogP contribution in [0.15, 0.2) is 36.7 Å². The van der Waals surface area contributed by atoms with E-state index in [0.717, 1.165) is 59.0 Å². The Balaban J connectivity index is 1.46. The fraction of sp³-hybridized carbons (Fsp3) is 0.480. The van der Waals surface area contributed by atoms with Gasteiger partial charge in [0.05, 0.1) is 4.88 Å². The Bertz CT molecular complexity index is 1200. The van der Waals surface area contributed by atoms with Crippen molar-refractivity contribution in [2.24, 2.45) is 5.41 Å². The molecule has 2 fully saturated rings. The molecule has 2 aliphatic carbocycles. The monoisotopic (exact) mass is 488 g/mol. The van der Waals surface area contributed by atoms with E-state index in [0.29, 0.717) is 24.4 Å². The molecule has 2 N–H and O–H groups in total. The van der Waals surface area contributed by atoms with Gasteiger partial charge in [-0.25, -0.2) is 15.0 Å². The van der Waals surface area contributed by atoms with Crippen LogP contribution in [0.3, 0.4) is 0 Å². The van der Waals surface area contributed by atoms with Gasteiger partial charge in [0.1, 0.15) is 16.3 Å². The molecule has 1 atom stereocenters. The van der Waals surface area contributed by atoms with E-state index in [2.05, 4.69) is 40.2 Å². The van der Waals surface area contributed by atoms with E-state index in [-0.39, 0.29) is 11.4 Å². The first-order valence-electron chi connectivity index (χ1n) is 11.5. The van der Waals surface area contributed by atoms with Crippen LogP contribution in [0.5, 0.6) is 0 Å². The first-order valence-corrected chi connectivity index (χ1v) is 12.3. The van der Waals surface area contributed by atoms with Crippen LogP contribution >= 0.6 is 11.3 Å². The van der Waals surface area contributed by atoms with Crippen molar-refractivity contribution in [1.29, 1.82) is 0 Å². The Hall–Kier alpha value is -2.52. The molecule has 0 aliphatic heterocycles. The molecule has 9 heteroatoms. The van der Waals surface area contributed by atoms with Crippen molar-refractivity contribution in [2.75, 3.05) is 5.32 Å². The number of hydrogen-bond acceptors (Lipinski definition) is 6. The number of nitrogens with zero attached hydrogens (tertiary/aromatic N) is 3. The lowest BCUT2D eigenvalue weighted by molar-refractivity contribution is -0.141. The Kier molecular flexibility index (Phi) is 5.67. The van der Waals surface area contributed by atoms with Crippen molar-refractivity contribution in [3.8, 4) is 10.4 Å². The van der Waals surface area contributed by atoms with E-state index in [1.165, 1.54) is 11.3 Å². The van der Waals surface area contributed by atoms with Gasteiger partial charge in [-0.05, 0) is 85.3 Å². The van der Waals surface area contributed by atoms with Gasteiger partial charge in [0.2, 0.25) is 5.95 Å². The summed E-state index contributed by atoms with van der Waals surface area (Å²) in [6.07, 6.45) is 3.96. The van der Waals surface area contributed by atoms with Crippen LogP contribution in [0.2, 0.25) is 0 Å². The molecular weight excluding hydrogens is 461 g/mol. The van der Waals surface area contributed by atoms with Gasteiger partial charge in [-0.15, -0.1) is 11.3 Å². The highest BCUT2D eigenvalue weighted by Gasteiger charge is 2.42. The van der Waals surface area contributed by atoms with Gasteiger partial charge in [-0.2, -0.15) is 13.2 Å². The fourth-order valence-corrected chi connectivity index (χ4v) is 5.88. The van der Waals surface area contributed by atoms with Crippen LogP contribution in [0.4, 0.5) is 24.8 Å². The summed E-state index contributed by atoms with van der Waals surface area (Å²) in [6, 6.07) is 6.79. The minimum Gasteiger partial charge on any atom is -0.383 e. The molecule has 1 aromatic carbocycles. The topological polar surface area (TPSA) is 70.9 Å². The van der Waals surface area contributed by atoms with E-state index < -0.39 is 17.5 Å². The molecule has 5 rings (SSSR count). The summed E-state index contributed by atoms with van der Waals surface area (Å²) >= 11 is 1.48. The summed E-state index contributed by atoms with van der Waals surface area (Å²) in [6.45, 7) is 4.36. The summed E-state index contributed by atoms with van der Waals surface area (Å²) in [7, 11) is 0. The molecule has 0 radical (unpaired) electrons. The summed E-state index contributed by atoms with van der Waals surface area (Å²) in [5.41, 5.74) is 0.824. The third-order valence-electron chi connectivity index (χ3n) is 6.61. The molecule has 2 aliphatic rings. The Morgan fingerprint density at radius 1 is 1.12 bits per heavy atom. The van der Waals surface area contributed by atoms with Crippen molar-refractivity contribution in [2.45, 2.75) is 70.1 Å². The third-order valence-corrected chi connectivity index (χ3v) is 7.85. The minimum absolute atomic E-state index is 0.0623. The number of thiazole rings is 1. The average Bonchev–Trinajstić information content (AvgIpc) is 3.48. The minimum atomic E-state index is -4.53. The van der Waals surface area contributed by atoms with Crippen LogP contribution in [0, 0.1) is 5.41 Å². The van der Waals surface area contributed by atoms with Gasteiger partial charge in [-0.3, -0.25) is 0 Å². The smallest absolute Gasteiger partial charge is 0.383 e. The average molecular weight is 489 g/mol. The molecule has 0 spiro atoms. The maximum Gasteiger partial charge on any atom is 0.433 e. The number of anilines is 2. The first kappa shape index (κ1) is 23.2. The zero-order valence-corrected chi connectivity index (χ0v) is 19.9. The zero-order valence-electron chi connectivity index (χ0n) is 19.1. The van der Waals surface area contributed by atoms with Crippen molar-refractivity contribution >= 4 is 23.0 Å². The van der Waals surface area contributed by atoms with Gasteiger partial charge >= 0.3 is 6.18 Å². The van der Waals surface area contributed by atoms with Crippen LogP contribution in [0.25, 0.3) is 10.4 Å². The lowest BCUT2D eigenvalue weighted by Crippen LogP contribution is -2.36. The first-order chi connectivity index (χ1) is 16.0. The van der Waals surface area contributed by atoms with Crippen LogP contribution in [-0.2, 0) is 11.8 Å². The molecule has 180 valence electrons. The van der Waals surface area contributed by atoms with E-state index in [9.17, 15) is 18.3 Å². The van der Waals surface area contributed by atoms with E-state index >= 15 is 0 Å². The zero-order chi connectivity index (χ0) is 24.1. The van der Waals surface area contributed by atoms with Gasteiger partial charge in [0, 0.05) is 18.1 Å². The highest BCUT2D eigenvalue weighted by molar-refractivity contribution is 7.15. The highest BCUT2D eigenvalue weighted by atomic mass is 32.1. The van der Waals surface area contributed by atoms with Crippen molar-refractivity contribution in [3.63, 3.8) is 0 Å². The third kappa shape index (κ3) is 4.95. The van der Waals surface area contributed by atoms with E-state index in [1.807, 2.05) is 12.1 Å². The number of nitrogens with one attached hydrogen (secondary N) is 1. The number of aromatic nitrogens is 3. The second kappa shape index (κ2) is 8.30. The molecule has 0 amide bonds. The molecule has 3 aromatic rings. The molecule has 0 saturated heterocycles.